The number of benzene rings is 1. The Morgan fingerprint density at radius 2 is 1.44 bits per heavy atom. The van der Waals surface area contributed by atoms with E-state index in [0.29, 0.717) is 73.8 Å². The number of anilines is 1. The van der Waals surface area contributed by atoms with Crippen LogP contribution in [-0.2, 0) is 25.5 Å². The van der Waals surface area contributed by atoms with Gasteiger partial charge in [-0.05, 0) is 0 Å². The van der Waals surface area contributed by atoms with Gasteiger partial charge in [-0.2, -0.15) is 0 Å². The summed E-state index contributed by atoms with van der Waals surface area (Å²) < 4.78 is 87.6. The zero-order chi connectivity index (χ0) is 32.7. The quantitative estimate of drug-likeness (QED) is 0.134. The number of alkyl halides is 3. The van der Waals surface area contributed by atoms with E-state index in [1.54, 1.807) is 0 Å². The number of hydrogen-bond acceptors (Lipinski definition) is 6. The van der Waals surface area contributed by atoms with Crippen LogP contribution in [0.5, 0.6) is 0 Å². The SMILES string of the molecule is CCCCP(CCCC)(CCCC)(Cc1c(-c2ccc(F)cc2)nc(N(C)S(C)(=O)=O)nc1C(C)C)OC(=O)C(F)(F)F. The van der Waals surface area contributed by atoms with E-state index >= 15 is 0 Å². The zero-order valence-corrected chi connectivity index (χ0v) is 28.0. The van der Waals surface area contributed by atoms with Crippen LogP contribution in [0, 0.1) is 5.82 Å². The molecule has 0 aliphatic heterocycles. The van der Waals surface area contributed by atoms with Crippen molar-refractivity contribution in [3.05, 3.63) is 41.3 Å². The standard InChI is InChI=1S/C30H46F4N3O4PS/c1-8-11-18-42(19-12-9-2,20-13-10-3,41-28(38)30(32,33)34)21-25-26(22(4)5)35-29(37(6)43(7,39)40)36-27(25)23-14-16-24(31)17-15-23/h14-17,22H,8-13,18-21H2,1-7H3. The summed E-state index contributed by atoms with van der Waals surface area (Å²) in [6.07, 6.45) is 0.561. The average molecular weight is 652 g/mol. The average Bonchev–Trinajstić information content (AvgIpc) is 2.93. The summed E-state index contributed by atoms with van der Waals surface area (Å²) in [5.41, 5.74) is 1.68. The molecule has 1 heterocycles. The molecule has 0 unspecified atom stereocenters. The first-order chi connectivity index (χ1) is 19.9. The molecule has 0 saturated carbocycles. The maximum atomic E-state index is 14.0. The second-order valence-corrected chi connectivity index (χ2v) is 19.3. The molecule has 0 N–H and O–H groups in total. The number of carbonyl (C=O) groups excluding carboxylic acids is 1. The third kappa shape index (κ3) is 9.33. The molecule has 0 aliphatic rings. The van der Waals surface area contributed by atoms with E-state index < -0.39 is 34.8 Å². The molecule has 1 aromatic heterocycles. The number of hydrogen-bond donors (Lipinski definition) is 0. The number of sulfonamides is 1. The molecule has 0 radical (unpaired) electrons. The summed E-state index contributed by atoms with van der Waals surface area (Å²) in [5.74, 6) is -3.09. The van der Waals surface area contributed by atoms with E-state index in [0.717, 1.165) is 10.6 Å². The van der Waals surface area contributed by atoms with Gasteiger partial charge < -0.3 is 0 Å². The number of carbonyl (C=O) groups is 1. The minimum absolute atomic E-state index is 0.0104. The summed E-state index contributed by atoms with van der Waals surface area (Å²) >= 11 is 0. The Balaban J connectivity index is 3.09. The number of aromatic nitrogens is 2. The number of rotatable bonds is 16. The van der Waals surface area contributed by atoms with Gasteiger partial charge in [-0.1, -0.05) is 0 Å². The summed E-state index contributed by atoms with van der Waals surface area (Å²) in [6.45, 7) is 5.51. The fourth-order valence-corrected chi connectivity index (χ4v) is 12.3. The Kier molecular flexibility index (Phi) is 12.5. The van der Waals surface area contributed by atoms with Gasteiger partial charge in [0.2, 0.25) is 0 Å². The Hall–Kier alpha value is -2.33. The van der Waals surface area contributed by atoms with Crippen LogP contribution in [0.4, 0.5) is 23.5 Å². The van der Waals surface area contributed by atoms with Gasteiger partial charge in [0.05, 0.1) is 0 Å². The van der Waals surface area contributed by atoms with E-state index in [-0.39, 0.29) is 23.7 Å². The topological polar surface area (TPSA) is 89.5 Å². The second kappa shape index (κ2) is 14.6. The molecule has 7 nitrogen and oxygen atoms in total. The fraction of sp³-hybridized carbons (Fsp3) is 0.633. The van der Waals surface area contributed by atoms with E-state index in [2.05, 4.69) is 9.97 Å². The predicted molar refractivity (Wildman–Crippen MR) is 167 cm³/mol. The molecule has 0 amide bonds. The first-order valence-electron chi connectivity index (χ1n) is 14.8. The van der Waals surface area contributed by atoms with Gasteiger partial charge >= 0.3 is 254 Å². The molecule has 0 aliphatic carbocycles. The molecule has 0 fully saturated rings. The van der Waals surface area contributed by atoms with Crippen molar-refractivity contribution in [3.8, 4) is 11.3 Å². The Morgan fingerprint density at radius 1 is 0.953 bits per heavy atom. The number of halogens is 4. The normalized spacial score (nSPS) is 13.5. The van der Waals surface area contributed by atoms with Crippen molar-refractivity contribution in [2.75, 3.05) is 36.1 Å². The van der Waals surface area contributed by atoms with Gasteiger partial charge in [-0.25, -0.2) is 0 Å². The van der Waals surface area contributed by atoms with Gasteiger partial charge in [0.25, 0.3) is 0 Å². The molecular weight excluding hydrogens is 605 g/mol. The van der Waals surface area contributed by atoms with Crippen LogP contribution >= 0.6 is 6.83 Å². The van der Waals surface area contributed by atoms with Crippen molar-refractivity contribution in [1.82, 2.24) is 9.97 Å². The molecule has 244 valence electrons. The van der Waals surface area contributed by atoms with Crippen LogP contribution in [0.15, 0.2) is 24.3 Å². The molecular formula is C30H46F4N3O4PS. The van der Waals surface area contributed by atoms with E-state index in [4.69, 9.17) is 4.52 Å². The molecule has 2 aromatic rings. The Bertz CT molecular complexity index is 1330. The molecule has 2 rings (SSSR count). The predicted octanol–water partition coefficient (Wildman–Crippen LogP) is 8.28. The van der Waals surface area contributed by atoms with Crippen molar-refractivity contribution in [1.29, 1.82) is 0 Å². The van der Waals surface area contributed by atoms with Gasteiger partial charge in [-0.3, -0.25) is 0 Å². The molecule has 0 spiro atoms. The maximum absolute atomic E-state index is 14.0. The first kappa shape index (κ1) is 36.9. The van der Waals surface area contributed by atoms with Gasteiger partial charge in [0.1, 0.15) is 0 Å². The van der Waals surface area contributed by atoms with Gasteiger partial charge in [0, 0.05) is 0 Å². The molecule has 0 bridgehead atoms. The molecule has 13 heteroatoms. The zero-order valence-electron chi connectivity index (χ0n) is 26.3. The van der Waals surface area contributed by atoms with Gasteiger partial charge in [0.15, 0.2) is 0 Å². The van der Waals surface area contributed by atoms with Crippen LogP contribution < -0.4 is 4.31 Å². The van der Waals surface area contributed by atoms with Crippen LogP contribution in [0.3, 0.4) is 0 Å². The van der Waals surface area contributed by atoms with Crippen LogP contribution in [0.1, 0.15) is 90.3 Å². The van der Waals surface area contributed by atoms with Crippen LogP contribution in [0.25, 0.3) is 11.3 Å². The first-order valence-corrected chi connectivity index (χ1v) is 19.6. The van der Waals surface area contributed by atoms with Gasteiger partial charge in [-0.15, -0.1) is 0 Å². The molecule has 43 heavy (non-hydrogen) atoms. The van der Waals surface area contributed by atoms with Crippen molar-refractivity contribution >= 4 is 28.8 Å². The van der Waals surface area contributed by atoms with E-state index in [1.165, 1.54) is 31.3 Å². The van der Waals surface area contributed by atoms with E-state index in [9.17, 15) is 30.8 Å². The summed E-state index contributed by atoms with van der Waals surface area (Å²) in [7, 11) is -2.45. The number of unbranched alkanes of at least 4 members (excludes halogenated alkanes) is 3. The Morgan fingerprint density at radius 3 is 1.84 bits per heavy atom. The number of nitrogens with zero attached hydrogens (tertiary/aromatic N) is 3. The summed E-state index contributed by atoms with van der Waals surface area (Å²) in [5, 5.41) is 0. The summed E-state index contributed by atoms with van der Waals surface area (Å²) in [6, 6.07) is 5.47. The second-order valence-electron chi connectivity index (χ2n) is 11.8. The van der Waals surface area contributed by atoms with Crippen molar-refractivity contribution < 1.29 is 35.3 Å². The third-order valence-corrected chi connectivity index (χ3v) is 15.1. The third-order valence-electron chi connectivity index (χ3n) is 7.83. The van der Waals surface area contributed by atoms with Crippen LogP contribution in [-0.4, -0.2) is 62.3 Å². The van der Waals surface area contributed by atoms with E-state index in [1.807, 2.05) is 34.6 Å². The fourth-order valence-electron chi connectivity index (χ4n) is 5.36. The van der Waals surface area contributed by atoms with Crippen LogP contribution in [0.2, 0.25) is 0 Å². The molecule has 1 aromatic carbocycles. The minimum atomic E-state index is -5.17. The van der Waals surface area contributed by atoms with Crippen molar-refractivity contribution in [2.24, 2.45) is 0 Å². The Labute approximate surface area is 253 Å². The van der Waals surface area contributed by atoms with Crippen molar-refractivity contribution in [3.63, 3.8) is 0 Å². The monoisotopic (exact) mass is 651 g/mol. The molecule has 0 atom stereocenters. The molecule has 0 saturated heterocycles. The van der Waals surface area contributed by atoms with Crippen molar-refractivity contribution in [2.45, 2.75) is 91.4 Å². The summed E-state index contributed by atoms with van der Waals surface area (Å²) in [4.78, 5) is 22.1.